The number of phenols is 2. The van der Waals surface area contributed by atoms with Crippen LogP contribution < -0.4 is 0 Å². The van der Waals surface area contributed by atoms with Gasteiger partial charge in [0.1, 0.15) is 11.5 Å². The van der Waals surface area contributed by atoms with Crippen LogP contribution in [-0.4, -0.2) is 57.5 Å². The molecule has 0 spiro atoms. The largest absolute Gasteiger partial charge is 0.508 e. The molecule has 1 aromatic rings. The van der Waals surface area contributed by atoms with Crippen LogP contribution in [0.1, 0.15) is 10.4 Å². The van der Waals surface area contributed by atoms with Crippen molar-refractivity contribution in [3.05, 3.63) is 23.8 Å². The van der Waals surface area contributed by atoms with Crippen LogP contribution in [0.15, 0.2) is 18.2 Å². The van der Waals surface area contributed by atoms with Crippen molar-refractivity contribution in [1.29, 1.82) is 0 Å². The number of benzene rings is 1. The molecule has 94 valence electrons. The van der Waals surface area contributed by atoms with Gasteiger partial charge in [0.2, 0.25) is 0 Å². The Bertz CT molecular complexity index is 387. The second-order valence-electron chi connectivity index (χ2n) is 3.44. The number of amides is 1. The molecule has 0 aliphatic carbocycles. The number of phenolic OH excluding ortho intramolecular Hbond substituents is 2. The zero-order valence-electron chi connectivity index (χ0n) is 9.20. The highest BCUT2D eigenvalue weighted by atomic mass is 16.3. The lowest BCUT2D eigenvalue weighted by molar-refractivity contribution is 0.0681. The van der Waals surface area contributed by atoms with Crippen LogP contribution >= 0.6 is 0 Å². The molecule has 0 aliphatic rings. The summed E-state index contributed by atoms with van der Waals surface area (Å²) >= 11 is 0. The van der Waals surface area contributed by atoms with E-state index in [0.717, 1.165) is 6.07 Å². The van der Waals surface area contributed by atoms with Crippen molar-refractivity contribution in [3.63, 3.8) is 0 Å². The average molecular weight is 241 g/mol. The standard InChI is InChI=1S/C11H15NO5/c13-5-3-12(4-6-14)11(17)9-7-8(15)1-2-10(9)16/h1-2,7,13-16H,3-6H2. The van der Waals surface area contributed by atoms with Crippen molar-refractivity contribution in [1.82, 2.24) is 4.90 Å². The summed E-state index contributed by atoms with van der Waals surface area (Å²) in [5.41, 5.74) is -0.0631. The SMILES string of the molecule is O=C(c1cc(O)ccc1O)N(CCO)CCO. The second-order valence-corrected chi connectivity index (χ2v) is 3.44. The van der Waals surface area contributed by atoms with Gasteiger partial charge in [0.25, 0.3) is 5.91 Å². The second kappa shape index (κ2) is 6.07. The Morgan fingerprint density at radius 3 is 2.24 bits per heavy atom. The lowest BCUT2D eigenvalue weighted by Crippen LogP contribution is -2.35. The van der Waals surface area contributed by atoms with Gasteiger partial charge in [-0.05, 0) is 18.2 Å². The van der Waals surface area contributed by atoms with Gasteiger partial charge in [0.15, 0.2) is 0 Å². The van der Waals surface area contributed by atoms with E-state index in [2.05, 4.69) is 0 Å². The Hall–Kier alpha value is -1.79. The first-order valence-corrected chi connectivity index (χ1v) is 5.13. The number of hydrogen-bond acceptors (Lipinski definition) is 5. The summed E-state index contributed by atoms with van der Waals surface area (Å²) in [6.45, 7) is -0.389. The molecule has 1 rings (SSSR count). The summed E-state index contributed by atoms with van der Waals surface area (Å²) in [4.78, 5) is 13.1. The molecule has 17 heavy (non-hydrogen) atoms. The minimum absolute atomic E-state index is 0.0501. The lowest BCUT2D eigenvalue weighted by Gasteiger charge is -2.21. The smallest absolute Gasteiger partial charge is 0.257 e. The lowest BCUT2D eigenvalue weighted by atomic mass is 10.1. The predicted molar refractivity (Wildman–Crippen MR) is 59.8 cm³/mol. The molecule has 0 unspecified atom stereocenters. The van der Waals surface area contributed by atoms with Crippen LogP contribution in [0.5, 0.6) is 11.5 Å². The number of hydrogen-bond donors (Lipinski definition) is 4. The zero-order chi connectivity index (χ0) is 12.8. The quantitative estimate of drug-likeness (QED) is 0.522. The number of carbonyl (C=O) groups is 1. The van der Waals surface area contributed by atoms with Crippen molar-refractivity contribution in [2.24, 2.45) is 0 Å². The fraction of sp³-hybridized carbons (Fsp3) is 0.364. The summed E-state index contributed by atoms with van der Waals surface area (Å²) in [5.74, 6) is -0.950. The van der Waals surface area contributed by atoms with Crippen molar-refractivity contribution >= 4 is 5.91 Å². The third kappa shape index (κ3) is 3.33. The predicted octanol–water partition coefficient (Wildman–Crippen LogP) is -0.475. The summed E-state index contributed by atoms with van der Waals surface area (Å²) in [6, 6.07) is 3.60. The molecule has 6 heteroatoms. The van der Waals surface area contributed by atoms with E-state index in [4.69, 9.17) is 10.2 Å². The number of carbonyl (C=O) groups excluding carboxylic acids is 1. The van der Waals surface area contributed by atoms with Crippen molar-refractivity contribution in [3.8, 4) is 11.5 Å². The monoisotopic (exact) mass is 241 g/mol. The third-order valence-electron chi connectivity index (χ3n) is 2.24. The van der Waals surface area contributed by atoms with Gasteiger partial charge in [-0.15, -0.1) is 0 Å². The van der Waals surface area contributed by atoms with Gasteiger partial charge < -0.3 is 25.3 Å². The van der Waals surface area contributed by atoms with E-state index in [1.807, 2.05) is 0 Å². The highest BCUT2D eigenvalue weighted by Crippen LogP contribution is 2.23. The molecule has 0 bridgehead atoms. The average Bonchev–Trinajstić information content (AvgIpc) is 2.31. The number of aromatic hydroxyl groups is 2. The highest BCUT2D eigenvalue weighted by molar-refractivity contribution is 5.97. The van der Waals surface area contributed by atoms with Gasteiger partial charge >= 0.3 is 0 Å². The van der Waals surface area contributed by atoms with E-state index in [1.54, 1.807) is 0 Å². The maximum atomic E-state index is 11.9. The van der Waals surface area contributed by atoms with Crippen molar-refractivity contribution in [2.75, 3.05) is 26.3 Å². The molecule has 1 aromatic carbocycles. The topological polar surface area (TPSA) is 101 Å². The molecule has 0 saturated carbocycles. The van der Waals surface area contributed by atoms with E-state index in [9.17, 15) is 15.0 Å². The van der Waals surface area contributed by atoms with Crippen molar-refractivity contribution in [2.45, 2.75) is 0 Å². The normalized spacial score (nSPS) is 10.2. The molecule has 0 fully saturated rings. The van der Waals surface area contributed by atoms with Crippen LogP contribution in [-0.2, 0) is 0 Å². The van der Waals surface area contributed by atoms with E-state index in [-0.39, 0.29) is 43.4 Å². The molecule has 0 heterocycles. The zero-order valence-corrected chi connectivity index (χ0v) is 9.20. The minimum Gasteiger partial charge on any atom is -0.508 e. The molecule has 0 aromatic heterocycles. The molecular weight excluding hydrogens is 226 g/mol. The number of aliphatic hydroxyl groups excluding tert-OH is 2. The Morgan fingerprint density at radius 1 is 1.12 bits per heavy atom. The Balaban J connectivity index is 2.95. The van der Waals surface area contributed by atoms with E-state index >= 15 is 0 Å². The van der Waals surface area contributed by atoms with Crippen LogP contribution in [0.2, 0.25) is 0 Å². The van der Waals surface area contributed by atoms with Crippen LogP contribution in [0.4, 0.5) is 0 Å². The fourth-order valence-corrected chi connectivity index (χ4v) is 1.42. The van der Waals surface area contributed by atoms with E-state index < -0.39 is 5.91 Å². The summed E-state index contributed by atoms with van der Waals surface area (Å²) in [6.07, 6.45) is 0. The number of aliphatic hydroxyl groups is 2. The first-order valence-electron chi connectivity index (χ1n) is 5.13. The summed E-state index contributed by atoms with van der Waals surface area (Å²) < 4.78 is 0. The molecule has 6 nitrogen and oxygen atoms in total. The Kier molecular flexibility index (Phi) is 4.74. The molecule has 0 aliphatic heterocycles. The van der Waals surface area contributed by atoms with Gasteiger partial charge in [-0.1, -0.05) is 0 Å². The third-order valence-corrected chi connectivity index (χ3v) is 2.24. The van der Waals surface area contributed by atoms with Gasteiger partial charge in [-0.3, -0.25) is 4.79 Å². The molecule has 4 N–H and O–H groups in total. The van der Waals surface area contributed by atoms with Crippen molar-refractivity contribution < 1.29 is 25.2 Å². The van der Waals surface area contributed by atoms with Gasteiger partial charge in [-0.2, -0.15) is 0 Å². The molecule has 0 atom stereocenters. The summed E-state index contributed by atoms with van der Waals surface area (Å²) in [7, 11) is 0. The van der Waals surface area contributed by atoms with E-state index in [1.165, 1.54) is 17.0 Å². The van der Waals surface area contributed by atoms with Gasteiger partial charge in [0.05, 0.1) is 18.8 Å². The van der Waals surface area contributed by atoms with Gasteiger partial charge in [-0.25, -0.2) is 0 Å². The first-order chi connectivity index (χ1) is 8.10. The first kappa shape index (κ1) is 13.3. The van der Waals surface area contributed by atoms with Gasteiger partial charge in [0, 0.05) is 13.1 Å². The molecule has 1 amide bonds. The maximum absolute atomic E-state index is 11.9. The highest BCUT2D eigenvalue weighted by Gasteiger charge is 2.18. The number of nitrogens with zero attached hydrogens (tertiary/aromatic N) is 1. The van der Waals surface area contributed by atoms with Crippen LogP contribution in [0.25, 0.3) is 0 Å². The maximum Gasteiger partial charge on any atom is 0.257 e. The minimum atomic E-state index is -0.554. The Labute approximate surface area is 98.4 Å². The Morgan fingerprint density at radius 2 is 1.71 bits per heavy atom. The fourth-order valence-electron chi connectivity index (χ4n) is 1.42. The molecule has 0 radical (unpaired) electrons. The molecular formula is C11H15NO5. The number of rotatable bonds is 5. The van der Waals surface area contributed by atoms with Crippen LogP contribution in [0, 0.1) is 0 Å². The summed E-state index contributed by atoms with van der Waals surface area (Å²) in [5, 5.41) is 36.3. The van der Waals surface area contributed by atoms with Crippen LogP contribution in [0.3, 0.4) is 0 Å². The molecule has 0 saturated heterocycles. The van der Waals surface area contributed by atoms with E-state index in [0.29, 0.717) is 0 Å².